The van der Waals surface area contributed by atoms with Crippen LogP contribution in [0.5, 0.6) is 0 Å². The molecule has 1 heterocycles. The van der Waals surface area contributed by atoms with E-state index in [1.807, 2.05) is 30.5 Å². The molecule has 0 radical (unpaired) electrons. The second-order valence-electron chi connectivity index (χ2n) is 5.18. The summed E-state index contributed by atoms with van der Waals surface area (Å²) >= 11 is 5.15. The van der Waals surface area contributed by atoms with Gasteiger partial charge in [0.05, 0.1) is 4.88 Å². The summed E-state index contributed by atoms with van der Waals surface area (Å²) < 4.78 is 13.9. The summed E-state index contributed by atoms with van der Waals surface area (Å²) in [5, 5.41) is 4.46. The van der Waals surface area contributed by atoms with Gasteiger partial charge >= 0.3 is 0 Å². The van der Waals surface area contributed by atoms with E-state index in [2.05, 4.69) is 38.4 Å². The molecule has 2 aromatic carbocycles. The van der Waals surface area contributed by atoms with Crippen LogP contribution in [0.3, 0.4) is 0 Å². The van der Waals surface area contributed by atoms with Gasteiger partial charge in [-0.25, -0.2) is 9.37 Å². The van der Waals surface area contributed by atoms with E-state index in [-0.39, 0.29) is 5.82 Å². The molecule has 0 amide bonds. The lowest BCUT2D eigenvalue weighted by Crippen LogP contribution is -2.16. The van der Waals surface area contributed by atoms with Crippen LogP contribution in [0.4, 0.5) is 4.39 Å². The van der Waals surface area contributed by atoms with E-state index in [0.717, 1.165) is 34.6 Å². The van der Waals surface area contributed by atoms with E-state index in [1.54, 1.807) is 11.3 Å². The van der Waals surface area contributed by atoms with Crippen molar-refractivity contribution in [1.82, 2.24) is 10.3 Å². The molecule has 0 saturated heterocycles. The van der Waals surface area contributed by atoms with Crippen molar-refractivity contribution in [2.75, 3.05) is 6.54 Å². The largest absolute Gasteiger partial charge is 0.310 e. The van der Waals surface area contributed by atoms with Gasteiger partial charge in [-0.15, -0.1) is 11.3 Å². The Morgan fingerprint density at radius 3 is 2.52 bits per heavy atom. The van der Waals surface area contributed by atoms with Crippen molar-refractivity contribution in [1.29, 1.82) is 0 Å². The second-order valence-corrected chi connectivity index (χ2v) is 7.21. The molecule has 0 saturated carbocycles. The minimum Gasteiger partial charge on any atom is -0.310 e. The zero-order valence-electron chi connectivity index (χ0n) is 12.4. The highest BCUT2D eigenvalue weighted by molar-refractivity contribution is 9.10. The Morgan fingerprint density at radius 2 is 1.78 bits per heavy atom. The van der Waals surface area contributed by atoms with Crippen LogP contribution < -0.4 is 5.32 Å². The monoisotopic (exact) mass is 390 g/mol. The van der Waals surface area contributed by atoms with Gasteiger partial charge in [-0.3, -0.25) is 0 Å². The fourth-order valence-electron chi connectivity index (χ4n) is 2.22. The molecule has 1 aromatic heterocycles. The maximum Gasteiger partial charge on any atom is 0.123 e. The zero-order chi connectivity index (χ0) is 16.1. The fourth-order valence-corrected chi connectivity index (χ4v) is 3.38. The van der Waals surface area contributed by atoms with Crippen LogP contribution in [0.2, 0.25) is 0 Å². The summed E-state index contributed by atoms with van der Waals surface area (Å²) in [5.41, 5.74) is 2.32. The van der Waals surface area contributed by atoms with Crippen molar-refractivity contribution in [2.24, 2.45) is 0 Å². The zero-order valence-corrected chi connectivity index (χ0v) is 14.8. The summed E-state index contributed by atoms with van der Waals surface area (Å²) in [6.45, 7) is 1.60. The molecular formula is C18H16BrFN2S. The third kappa shape index (κ3) is 4.70. The van der Waals surface area contributed by atoms with Gasteiger partial charge in [-0.1, -0.05) is 40.2 Å². The summed E-state index contributed by atoms with van der Waals surface area (Å²) in [6, 6.07) is 14.9. The van der Waals surface area contributed by atoms with Crippen molar-refractivity contribution in [3.05, 3.63) is 75.6 Å². The van der Waals surface area contributed by atoms with Gasteiger partial charge < -0.3 is 5.32 Å². The third-order valence-corrected chi connectivity index (χ3v) is 5.04. The van der Waals surface area contributed by atoms with Crippen molar-refractivity contribution in [3.63, 3.8) is 0 Å². The van der Waals surface area contributed by atoms with Gasteiger partial charge in [0.1, 0.15) is 10.8 Å². The molecule has 5 heteroatoms. The molecule has 23 heavy (non-hydrogen) atoms. The lowest BCUT2D eigenvalue weighted by Gasteiger charge is -2.03. The number of hydrogen-bond donors (Lipinski definition) is 1. The topological polar surface area (TPSA) is 24.9 Å². The number of rotatable bonds is 6. The van der Waals surface area contributed by atoms with Crippen LogP contribution in [-0.2, 0) is 13.0 Å². The first kappa shape index (κ1) is 16.3. The first-order valence-corrected chi connectivity index (χ1v) is 8.97. The molecule has 0 atom stereocenters. The molecule has 0 aliphatic carbocycles. The average Bonchev–Trinajstić information content (AvgIpc) is 3.03. The Bertz CT molecular complexity index is 753. The van der Waals surface area contributed by atoms with Crippen LogP contribution in [0.15, 0.2) is 59.2 Å². The van der Waals surface area contributed by atoms with Crippen molar-refractivity contribution < 1.29 is 4.39 Å². The van der Waals surface area contributed by atoms with Gasteiger partial charge in [0.2, 0.25) is 0 Å². The van der Waals surface area contributed by atoms with E-state index < -0.39 is 0 Å². The fraction of sp³-hybridized carbons (Fsp3) is 0.167. The molecule has 0 spiro atoms. The number of halogens is 2. The van der Waals surface area contributed by atoms with Crippen LogP contribution >= 0.6 is 27.3 Å². The summed E-state index contributed by atoms with van der Waals surface area (Å²) in [7, 11) is 0. The number of benzene rings is 2. The summed E-state index contributed by atoms with van der Waals surface area (Å²) in [4.78, 5) is 5.64. The minimum atomic E-state index is -0.190. The van der Waals surface area contributed by atoms with Crippen molar-refractivity contribution in [3.8, 4) is 10.4 Å². The predicted molar refractivity (Wildman–Crippen MR) is 97.1 cm³/mol. The molecule has 1 N–H and O–H groups in total. The number of nitrogens with one attached hydrogen (secondary N) is 1. The van der Waals surface area contributed by atoms with Crippen LogP contribution in [0.1, 0.15) is 10.6 Å². The van der Waals surface area contributed by atoms with Gasteiger partial charge in [-0.2, -0.15) is 0 Å². The smallest absolute Gasteiger partial charge is 0.123 e. The lowest BCUT2D eigenvalue weighted by molar-refractivity contribution is 0.626. The molecule has 0 fully saturated rings. The molecule has 118 valence electrons. The van der Waals surface area contributed by atoms with Crippen molar-refractivity contribution in [2.45, 2.75) is 13.0 Å². The van der Waals surface area contributed by atoms with E-state index in [0.29, 0.717) is 0 Å². The first-order valence-electron chi connectivity index (χ1n) is 7.36. The molecule has 3 rings (SSSR count). The minimum absolute atomic E-state index is 0.190. The molecular weight excluding hydrogens is 375 g/mol. The normalized spacial score (nSPS) is 10.9. The van der Waals surface area contributed by atoms with Gasteiger partial charge in [-0.05, 0) is 48.4 Å². The first-order chi connectivity index (χ1) is 11.2. The second kappa shape index (κ2) is 7.81. The van der Waals surface area contributed by atoms with Crippen LogP contribution in [-0.4, -0.2) is 11.5 Å². The van der Waals surface area contributed by atoms with E-state index in [1.165, 1.54) is 22.6 Å². The molecule has 2 nitrogen and oxygen atoms in total. The lowest BCUT2D eigenvalue weighted by atomic mass is 10.1. The van der Waals surface area contributed by atoms with E-state index in [9.17, 15) is 4.39 Å². The molecule has 0 unspecified atom stereocenters. The SMILES string of the molecule is Fc1ccc(CCNCc2ncc(-c3ccc(Br)cc3)s2)cc1. The average molecular weight is 391 g/mol. The van der Waals surface area contributed by atoms with Gasteiger partial charge in [0, 0.05) is 17.2 Å². The maximum absolute atomic E-state index is 12.8. The maximum atomic E-state index is 12.8. The molecule has 0 bridgehead atoms. The molecule has 3 aromatic rings. The van der Waals surface area contributed by atoms with Crippen LogP contribution in [0.25, 0.3) is 10.4 Å². The summed E-state index contributed by atoms with van der Waals surface area (Å²) in [5.74, 6) is -0.190. The van der Waals surface area contributed by atoms with Gasteiger partial charge in [0.15, 0.2) is 0 Å². The van der Waals surface area contributed by atoms with Crippen molar-refractivity contribution >= 4 is 27.3 Å². The number of aromatic nitrogens is 1. The highest BCUT2D eigenvalue weighted by Crippen LogP contribution is 2.27. The molecule has 0 aliphatic heterocycles. The quantitative estimate of drug-likeness (QED) is 0.596. The molecule has 0 aliphatic rings. The Balaban J connectivity index is 1.49. The Morgan fingerprint density at radius 1 is 1.04 bits per heavy atom. The third-order valence-electron chi connectivity index (χ3n) is 3.46. The van der Waals surface area contributed by atoms with Gasteiger partial charge in [0.25, 0.3) is 0 Å². The highest BCUT2D eigenvalue weighted by atomic mass is 79.9. The number of nitrogens with zero attached hydrogens (tertiary/aromatic N) is 1. The Hall–Kier alpha value is -1.56. The highest BCUT2D eigenvalue weighted by Gasteiger charge is 2.04. The van der Waals surface area contributed by atoms with Crippen LogP contribution in [0, 0.1) is 5.82 Å². The van der Waals surface area contributed by atoms with E-state index >= 15 is 0 Å². The Labute approximate surface area is 147 Å². The standard InChI is InChI=1S/C18H16BrFN2S/c19-15-5-3-14(4-6-15)17-11-22-18(23-17)12-21-10-9-13-1-7-16(20)8-2-13/h1-8,11,21H,9-10,12H2. The predicted octanol–water partition coefficient (Wildman–Crippen LogP) is 5.04. The Kier molecular flexibility index (Phi) is 5.54. The summed E-state index contributed by atoms with van der Waals surface area (Å²) in [6.07, 6.45) is 2.80. The van der Waals surface area contributed by atoms with E-state index in [4.69, 9.17) is 0 Å². The number of hydrogen-bond acceptors (Lipinski definition) is 3. The number of thiazole rings is 1.